The van der Waals surface area contributed by atoms with Gasteiger partial charge in [-0.25, -0.2) is 9.97 Å². The van der Waals surface area contributed by atoms with Gasteiger partial charge in [0.25, 0.3) is 6.47 Å². The minimum Gasteiger partial charge on any atom is -0.483 e. The van der Waals surface area contributed by atoms with Gasteiger partial charge in [-0.1, -0.05) is 0 Å². The largest absolute Gasteiger partial charge is 0.483 e. The first-order valence-corrected chi connectivity index (χ1v) is 7.39. The van der Waals surface area contributed by atoms with Crippen LogP contribution in [0.1, 0.15) is 31.5 Å². The SMILES string of the molecule is Cc1[nH]cnc1-c1nccn1[C@@H]1CCN(C)[C@H](C)C1.O=CO. The minimum absolute atomic E-state index is 0.250. The second kappa shape index (κ2) is 7.22. The van der Waals surface area contributed by atoms with E-state index in [9.17, 15) is 0 Å². The lowest BCUT2D eigenvalue weighted by atomic mass is 9.98. The summed E-state index contributed by atoms with van der Waals surface area (Å²) in [6, 6.07) is 1.15. The number of carbonyl (C=O) groups is 1. The molecule has 3 rings (SSSR count). The van der Waals surface area contributed by atoms with Crippen LogP contribution >= 0.6 is 0 Å². The van der Waals surface area contributed by atoms with Gasteiger partial charge in [0.05, 0.1) is 6.33 Å². The van der Waals surface area contributed by atoms with E-state index in [2.05, 4.69) is 44.6 Å². The van der Waals surface area contributed by atoms with Crippen LogP contribution in [0.4, 0.5) is 0 Å². The Morgan fingerprint density at radius 3 is 2.77 bits per heavy atom. The lowest BCUT2D eigenvalue weighted by Crippen LogP contribution is -2.38. The summed E-state index contributed by atoms with van der Waals surface area (Å²) in [6.07, 6.45) is 8.05. The molecule has 0 aliphatic carbocycles. The number of hydrogen-bond donors (Lipinski definition) is 2. The zero-order valence-electron chi connectivity index (χ0n) is 13.2. The first kappa shape index (κ1) is 16.2. The second-order valence-electron chi connectivity index (χ2n) is 5.65. The van der Waals surface area contributed by atoms with Crippen molar-refractivity contribution in [3.05, 3.63) is 24.4 Å². The first-order chi connectivity index (χ1) is 10.6. The summed E-state index contributed by atoms with van der Waals surface area (Å²) in [6.45, 7) is 5.23. The number of piperidine rings is 1. The van der Waals surface area contributed by atoms with E-state index in [1.54, 1.807) is 6.33 Å². The van der Waals surface area contributed by atoms with Crippen molar-refractivity contribution >= 4 is 6.47 Å². The number of aromatic amines is 1. The van der Waals surface area contributed by atoms with E-state index in [-0.39, 0.29) is 6.47 Å². The van der Waals surface area contributed by atoms with Gasteiger partial charge in [0, 0.05) is 36.7 Å². The number of carboxylic acid groups (broad SMARTS) is 1. The quantitative estimate of drug-likeness (QED) is 0.828. The van der Waals surface area contributed by atoms with Crippen LogP contribution in [0.15, 0.2) is 18.7 Å². The molecule has 2 N–H and O–H groups in total. The van der Waals surface area contributed by atoms with E-state index in [1.807, 2.05) is 13.1 Å². The maximum Gasteiger partial charge on any atom is 0.290 e. The van der Waals surface area contributed by atoms with Gasteiger partial charge in [-0.05, 0) is 33.7 Å². The van der Waals surface area contributed by atoms with Crippen LogP contribution in [0.25, 0.3) is 11.5 Å². The summed E-state index contributed by atoms with van der Waals surface area (Å²) in [5.74, 6) is 0.987. The molecule has 0 aromatic carbocycles. The fourth-order valence-corrected chi connectivity index (χ4v) is 2.89. The Bertz CT molecular complexity index is 607. The topological polar surface area (TPSA) is 87.0 Å². The van der Waals surface area contributed by atoms with Gasteiger partial charge in [-0.3, -0.25) is 4.79 Å². The number of likely N-dealkylation sites (tertiary alicyclic amines) is 1. The minimum atomic E-state index is -0.250. The van der Waals surface area contributed by atoms with Crippen LogP contribution in [0, 0.1) is 6.92 Å². The summed E-state index contributed by atoms with van der Waals surface area (Å²) >= 11 is 0. The molecule has 1 aliphatic rings. The standard InChI is InChI=1S/C14H21N5.CH2O2/c1-10-8-12(4-6-18(10)3)19-7-5-15-14(19)13-11(2)16-9-17-13;2-1-3/h5,7,9-10,12H,4,6,8H2,1-3H3,(H,16,17);1H,(H,2,3)/t10-,12-;/m1./s1. The van der Waals surface area contributed by atoms with Gasteiger partial charge in [0.1, 0.15) is 5.69 Å². The van der Waals surface area contributed by atoms with Gasteiger partial charge in [0.15, 0.2) is 5.82 Å². The maximum atomic E-state index is 8.36. The van der Waals surface area contributed by atoms with Crippen molar-refractivity contribution in [3.63, 3.8) is 0 Å². The number of hydrogen-bond acceptors (Lipinski definition) is 4. The molecule has 0 spiro atoms. The van der Waals surface area contributed by atoms with Gasteiger partial charge in [-0.15, -0.1) is 0 Å². The van der Waals surface area contributed by atoms with E-state index in [1.165, 1.54) is 12.8 Å². The van der Waals surface area contributed by atoms with Gasteiger partial charge in [-0.2, -0.15) is 0 Å². The molecule has 1 fully saturated rings. The average molecular weight is 305 g/mol. The molecule has 1 aliphatic heterocycles. The van der Waals surface area contributed by atoms with Crippen molar-refractivity contribution in [2.75, 3.05) is 13.6 Å². The van der Waals surface area contributed by atoms with E-state index >= 15 is 0 Å². The van der Waals surface area contributed by atoms with Gasteiger partial charge < -0.3 is 19.6 Å². The van der Waals surface area contributed by atoms with Crippen LogP contribution in [0.5, 0.6) is 0 Å². The smallest absolute Gasteiger partial charge is 0.290 e. The van der Waals surface area contributed by atoms with Crippen molar-refractivity contribution < 1.29 is 9.90 Å². The Balaban J connectivity index is 0.000000545. The lowest BCUT2D eigenvalue weighted by molar-refractivity contribution is -0.122. The van der Waals surface area contributed by atoms with Crippen molar-refractivity contribution in [2.24, 2.45) is 0 Å². The molecule has 0 unspecified atom stereocenters. The zero-order chi connectivity index (χ0) is 16.1. The summed E-state index contributed by atoms with van der Waals surface area (Å²) in [5, 5.41) is 6.89. The highest BCUT2D eigenvalue weighted by molar-refractivity contribution is 5.53. The number of nitrogens with zero attached hydrogens (tertiary/aromatic N) is 4. The number of aryl methyl sites for hydroxylation is 1. The molecule has 0 bridgehead atoms. The molecule has 2 aromatic heterocycles. The van der Waals surface area contributed by atoms with E-state index in [0.29, 0.717) is 12.1 Å². The molecule has 7 nitrogen and oxygen atoms in total. The molecule has 120 valence electrons. The second-order valence-corrected chi connectivity index (χ2v) is 5.65. The Labute approximate surface area is 130 Å². The van der Waals surface area contributed by atoms with Crippen LogP contribution in [0.3, 0.4) is 0 Å². The fraction of sp³-hybridized carbons (Fsp3) is 0.533. The van der Waals surface area contributed by atoms with Crippen molar-refractivity contribution in [1.29, 1.82) is 0 Å². The molecule has 1 saturated heterocycles. The highest BCUT2D eigenvalue weighted by Gasteiger charge is 2.26. The number of rotatable bonds is 2. The first-order valence-electron chi connectivity index (χ1n) is 7.39. The van der Waals surface area contributed by atoms with E-state index in [0.717, 1.165) is 23.8 Å². The predicted molar refractivity (Wildman–Crippen MR) is 83.6 cm³/mol. The molecule has 7 heteroatoms. The Kier molecular flexibility index (Phi) is 5.32. The number of nitrogens with one attached hydrogen (secondary N) is 1. The molecule has 22 heavy (non-hydrogen) atoms. The summed E-state index contributed by atoms with van der Waals surface area (Å²) in [4.78, 5) is 22.8. The monoisotopic (exact) mass is 305 g/mol. The molecule has 2 aromatic rings. The third-order valence-electron chi connectivity index (χ3n) is 4.28. The molecule has 3 heterocycles. The maximum absolute atomic E-state index is 8.36. The highest BCUT2D eigenvalue weighted by Crippen LogP contribution is 2.30. The fourth-order valence-electron chi connectivity index (χ4n) is 2.89. The Hall–Kier alpha value is -2.15. The Morgan fingerprint density at radius 1 is 1.45 bits per heavy atom. The molecule has 0 radical (unpaired) electrons. The Morgan fingerprint density at radius 2 is 2.18 bits per heavy atom. The number of H-pyrrole nitrogens is 1. The third-order valence-corrected chi connectivity index (χ3v) is 4.28. The zero-order valence-corrected chi connectivity index (χ0v) is 13.2. The predicted octanol–water partition coefficient (Wildman–Crippen LogP) is 1.94. The highest BCUT2D eigenvalue weighted by atomic mass is 16.3. The van der Waals surface area contributed by atoms with Crippen LogP contribution < -0.4 is 0 Å². The van der Waals surface area contributed by atoms with E-state index in [4.69, 9.17) is 9.90 Å². The summed E-state index contributed by atoms with van der Waals surface area (Å²) < 4.78 is 2.30. The molecule has 0 amide bonds. The van der Waals surface area contributed by atoms with Gasteiger partial charge in [0.2, 0.25) is 0 Å². The number of aromatic nitrogens is 4. The van der Waals surface area contributed by atoms with Crippen molar-refractivity contribution in [1.82, 2.24) is 24.4 Å². The van der Waals surface area contributed by atoms with Crippen LogP contribution in [-0.2, 0) is 4.79 Å². The normalized spacial score (nSPS) is 22.0. The average Bonchev–Trinajstić information content (AvgIpc) is 3.11. The third kappa shape index (κ3) is 3.36. The molecular formula is C15H23N5O2. The van der Waals surface area contributed by atoms with Crippen molar-refractivity contribution in [3.8, 4) is 11.5 Å². The summed E-state index contributed by atoms with van der Waals surface area (Å²) in [5.41, 5.74) is 2.05. The number of imidazole rings is 2. The summed E-state index contributed by atoms with van der Waals surface area (Å²) in [7, 11) is 2.20. The lowest BCUT2D eigenvalue weighted by Gasteiger charge is -2.36. The van der Waals surface area contributed by atoms with Crippen LogP contribution in [-0.4, -0.2) is 55.6 Å². The van der Waals surface area contributed by atoms with Gasteiger partial charge >= 0.3 is 0 Å². The van der Waals surface area contributed by atoms with Crippen LogP contribution in [0.2, 0.25) is 0 Å². The molecule has 0 saturated carbocycles. The molecule has 2 atom stereocenters. The van der Waals surface area contributed by atoms with E-state index < -0.39 is 0 Å². The molecular weight excluding hydrogens is 282 g/mol. The van der Waals surface area contributed by atoms with Crippen molar-refractivity contribution in [2.45, 2.75) is 38.8 Å².